The number of thioether (sulfide) groups is 1. The minimum absolute atomic E-state index is 0.289. The molecular formula is C12H17FN2OS. The highest BCUT2D eigenvalue weighted by Crippen LogP contribution is 2.19. The van der Waals surface area contributed by atoms with Crippen LogP contribution in [-0.2, 0) is 5.75 Å². The lowest BCUT2D eigenvalue weighted by Crippen LogP contribution is -2.34. The Morgan fingerprint density at radius 1 is 1.47 bits per heavy atom. The zero-order chi connectivity index (χ0) is 13.1. The van der Waals surface area contributed by atoms with Crippen molar-refractivity contribution in [3.05, 3.63) is 35.1 Å². The van der Waals surface area contributed by atoms with Crippen molar-refractivity contribution in [2.75, 3.05) is 5.75 Å². The van der Waals surface area contributed by atoms with E-state index in [2.05, 4.69) is 0 Å². The third kappa shape index (κ3) is 4.75. The molecule has 1 aromatic rings. The van der Waals surface area contributed by atoms with Gasteiger partial charge in [0.05, 0.1) is 0 Å². The minimum Gasteiger partial charge on any atom is -0.366 e. The first-order valence-electron chi connectivity index (χ1n) is 5.24. The number of rotatable bonds is 5. The molecule has 0 unspecified atom stereocenters. The fourth-order valence-electron chi connectivity index (χ4n) is 1.26. The molecular weight excluding hydrogens is 239 g/mol. The minimum atomic E-state index is -0.546. The maximum atomic E-state index is 13.5. The van der Waals surface area contributed by atoms with Gasteiger partial charge in [-0.2, -0.15) is 11.8 Å². The summed E-state index contributed by atoms with van der Waals surface area (Å²) in [6, 6.07) is 4.15. The molecule has 0 aliphatic heterocycles. The summed E-state index contributed by atoms with van der Waals surface area (Å²) in [6.45, 7) is 3.83. The highest BCUT2D eigenvalue weighted by Gasteiger charge is 2.12. The van der Waals surface area contributed by atoms with Crippen LogP contribution in [0.2, 0.25) is 0 Å². The first-order valence-corrected chi connectivity index (χ1v) is 6.40. The highest BCUT2D eigenvalue weighted by atomic mass is 32.2. The molecule has 0 aliphatic rings. The van der Waals surface area contributed by atoms with Crippen molar-refractivity contribution >= 4 is 17.7 Å². The summed E-state index contributed by atoms with van der Waals surface area (Å²) >= 11 is 1.53. The second-order valence-corrected chi connectivity index (χ2v) is 5.64. The normalized spacial score (nSPS) is 11.5. The van der Waals surface area contributed by atoms with Crippen LogP contribution in [-0.4, -0.2) is 17.2 Å². The molecule has 0 radical (unpaired) electrons. The summed E-state index contributed by atoms with van der Waals surface area (Å²) in [4.78, 5) is 11.0. The van der Waals surface area contributed by atoms with Crippen molar-refractivity contribution in [2.45, 2.75) is 25.1 Å². The Morgan fingerprint density at radius 3 is 2.65 bits per heavy atom. The molecule has 0 heterocycles. The molecule has 1 rings (SSSR count). The monoisotopic (exact) mass is 256 g/mol. The number of carbonyl (C=O) groups excluding carboxylic acids is 1. The van der Waals surface area contributed by atoms with Crippen LogP contribution < -0.4 is 11.5 Å². The van der Waals surface area contributed by atoms with Crippen molar-refractivity contribution in [1.29, 1.82) is 0 Å². The molecule has 1 amide bonds. The van der Waals surface area contributed by atoms with E-state index in [0.717, 1.165) is 0 Å². The van der Waals surface area contributed by atoms with Gasteiger partial charge in [-0.05, 0) is 37.6 Å². The Labute approximate surface area is 105 Å². The smallest absolute Gasteiger partial charge is 0.248 e. The Hall–Kier alpha value is -1.07. The van der Waals surface area contributed by atoms with Gasteiger partial charge in [-0.25, -0.2) is 4.39 Å². The van der Waals surface area contributed by atoms with E-state index < -0.39 is 5.91 Å². The number of nitrogens with two attached hydrogens (primary N) is 2. The first-order chi connectivity index (χ1) is 7.79. The molecule has 0 aliphatic carbocycles. The third-order valence-electron chi connectivity index (χ3n) is 2.06. The van der Waals surface area contributed by atoms with Crippen LogP contribution >= 0.6 is 11.8 Å². The number of carbonyl (C=O) groups is 1. The van der Waals surface area contributed by atoms with Crippen molar-refractivity contribution in [2.24, 2.45) is 11.5 Å². The second kappa shape index (κ2) is 5.51. The van der Waals surface area contributed by atoms with Crippen LogP contribution in [0.15, 0.2) is 18.2 Å². The molecule has 0 spiro atoms. The predicted molar refractivity (Wildman–Crippen MR) is 69.3 cm³/mol. The summed E-state index contributed by atoms with van der Waals surface area (Å²) in [5, 5.41) is 0. The zero-order valence-corrected chi connectivity index (χ0v) is 10.8. The lowest BCUT2D eigenvalue weighted by Gasteiger charge is -2.17. The van der Waals surface area contributed by atoms with E-state index in [1.807, 2.05) is 13.8 Å². The molecule has 5 heteroatoms. The largest absolute Gasteiger partial charge is 0.366 e. The summed E-state index contributed by atoms with van der Waals surface area (Å²) in [7, 11) is 0. The van der Waals surface area contributed by atoms with E-state index in [1.54, 1.807) is 0 Å². The van der Waals surface area contributed by atoms with Gasteiger partial charge < -0.3 is 11.5 Å². The van der Waals surface area contributed by atoms with Gasteiger partial charge in [-0.15, -0.1) is 0 Å². The molecule has 0 fully saturated rings. The molecule has 94 valence electrons. The van der Waals surface area contributed by atoms with Crippen molar-refractivity contribution in [1.82, 2.24) is 0 Å². The van der Waals surface area contributed by atoms with Crippen molar-refractivity contribution in [3.63, 3.8) is 0 Å². The van der Waals surface area contributed by atoms with E-state index in [4.69, 9.17) is 11.5 Å². The molecule has 0 saturated heterocycles. The van der Waals surface area contributed by atoms with Crippen molar-refractivity contribution in [3.8, 4) is 0 Å². The molecule has 1 aromatic carbocycles. The summed E-state index contributed by atoms with van der Waals surface area (Å²) in [6.07, 6.45) is 0. The van der Waals surface area contributed by atoms with E-state index in [0.29, 0.717) is 22.6 Å². The lowest BCUT2D eigenvalue weighted by atomic mass is 10.1. The maximum Gasteiger partial charge on any atom is 0.248 e. The van der Waals surface area contributed by atoms with E-state index in [1.165, 1.54) is 30.0 Å². The van der Waals surface area contributed by atoms with E-state index in [-0.39, 0.29) is 11.4 Å². The zero-order valence-electron chi connectivity index (χ0n) is 10.00. The topological polar surface area (TPSA) is 69.1 Å². The van der Waals surface area contributed by atoms with Gasteiger partial charge >= 0.3 is 0 Å². The Balaban J connectivity index is 2.70. The van der Waals surface area contributed by atoms with Gasteiger partial charge in [0.1, 0.15) is 5.82 Å². The number of hydrogen-bond acceptors (Lipinski definition) is 3. The Bertz CT molecular complexity index is 415. The third-order valence-corrected chi connectivity index (χ3v) is 3.53. The van der Waals surface area contributed by atoms with Crippen LogP contribution in [0.5, 0.6) is 0 Å². The average Bonchev–Trinajstić information content (AvgIpc) is 2.18. The van der Waals surface area contributed by atoms with Crippen molar-refractivity contribution < 1.29 is 9.18 Å². The van der Waals surface area contributed by atoms with E-state index >= 15 is 0 Å². The maximum absolute atomic E-state index is 13.5. The van der Waals surface area contributed by atoms with Gasteiger partial charge in [0, 0.05) is 22.6 Å². The molecule has 0 atom stereocenters. The number of hydrogen-bond donors (Lipinski definition) is 2. The molecule has 0 aromatic heterocycles. The standard InChI is InChI=1S/C12H17FN2OS/c1-12(2,15)7-17-6-9-5-8(11(14)16)3-4-10(9)13/h3-5H,6-7,15H2,1-2H3,(H2,14,16). The van der Waals surface area contributed by atoms with Crippen LogP contribution in [0.3, 0.4) is 0 Å². The highest BCUT2D eigenvalue weighted by molar-refractivity contribution is 7.98. The Morgan fingerprint density at radius 2 is 2.12 bits per heavy atom. The van der Waals surface area contributed by atoms with E-state index in [9.17, 15) is 9.18 Å². The predicted octanol–water partition coefficient (Wildman–Crippen LogP) is 1.90. The summed E-state index contributed by atoms with van der Waals surface area (Å²) < 4.78 is 13.5. The first kappa shape index (κ1) is 14.0. The van der Waals surface area contributed by atoms with Gasteiger partial charge in [-0.1, -0.05) is 0 Å². The molecule has 0 saturated carbocycles. The number of amides is 1. The molecule has 0 bridgehead atoms. The van der Waals surface area contributed by atoms with Gasteiger partial charge in [0.2, 0.25) is 5.91 Å². The van der Waals surface area contributed by atoms with Crippen LogP contribution in [0.1, 0.15) is 29.8 Å². The van der Waals surface area contributed by atoms with Gasteiger partial charge in [0.25, 0.3) is 0 Å². The van der Waals surface area contributed by atoms with Crippen LogP contribution in [0, 0.1) is 5.82 Å². The SMILES string of the molecule is CC(C)(N)CSCc1cc(C(N)=O)ccc1F. The fraction of sp³-hybridized carbons (Fsp3) is 0.417. The second-order valence-electron chi connectivity index (χ2n) is 4.65. The summed E-state index contributed by atoms with van der Waals surface area (Å²) in [5.41, 5.74) is 11.5. The number of primary amides is 1. The lowest BCUT2D eigenvalue weighted by molar-refractivity contribution is 0.1000. The average molecular weight is 256 g/mol. The van der Waals surface area contributed by atoms with Gasteiger partial charge in [-0.3, -0.25) is 4.79 Å². The van der Waals surface area contributed by atoms with Crippen LogP contribution in [0.4, 0.5) is 4.39 Å². The quantitative estimate of drug-likeness (QED) is 0.845. The van der Waals surface area contributed by atoms with Gasteiger partial charge in [0.15, 0.2) is 0 Å². The summed E-state index contributed by atoms with van der Waals surface area (Å²) in [5.74, 6) is 0.327. The number of halogens is 1. The molecule has 17 heavy (non-hydrogen) atoms. The molecule has 3 nitrogen and oxygen atoms in total. The number of benzene rings is 1. The van der Waals surface area contributed by atoms with Crippen LogP contribution in [0.25, 0.3) is 0 Å². The fourth-order valence-corrected chi connectivity index (χ4v) is 2.33. The molecule has 4 N–H and O–H groups in total. The Kier molecular flexibility index (Phi) is 4.54.